The van der Waals surface area contributed by atoms with E-state index in [9.17, 15) is 14.9 Å². The molecule has 2 amide bonds. The van der Waals surface area contributed by atoms with Crippen molar-refractivity contribution in [3.8, 4) is 6.07 Å². The number of carbonyl (C=O) groups excluding carboxylic acids is 2. The molecule has 5 nitrogen and oxygen atoms in total. The van der Waals surface area contributed by atoms with Crippen molar-refractivity contribution in [2.45, 2.75) is 46.5 Å². The summed E-state index contributed by atoms with van der Waals surface area (Å²) in [5, 5.41) is 16.0. The van der Waals surface area contributed by atoms with E-state index in [4.69, 9.17) is 0 Å². The zero-order valence-corrected chi connectivity index (χ0v) is 19.2. The third-order valence-electron chi connectivity index (χ3n) is 5.44. The number of benzene rings is 2. The first-order valence-corrected chi connectivity index (χ1v) is 11.3. The summed E-state index contributed by atoms with van der Waals surface area (Å²) in [7, 11) is 0. The number of rotatable bonds is 6. The Morgan fingerprint density at radius 1 is 1.19 bits per heavy atom. The minimum Gasteiger partial charge on any atom is -0.325 e. The van der Waals surface area contributed by atoms with Crippen molar-refractivity contribution < 1.29 is 9.59 Å². The molecule has 2 aromatic carbocycles. The molecule has 0 bridgehead atoms. The van der Waals surface area contributed by atoms with Crippen molar-refractivity contribution >= 4 is 29.3 Å². The summed E-state index contributed by atoms with van der Waals surface area (Å²) < 4.78 is 0. The van der Waals surface area contributed by atoms with E-state index >= 15 is 0 Å². The van der Waals surface area contributed by atoms with Gasteiger partial charge in [0.05, 0.1) is 22.4 Å². The van der Waals surface area contributed by atoms with Gasteiger partial charge < -0.3 is 10.6 Å². The van der Waals surface area contributed by atoms with E-state index in [1.165, 1.54) is 17.3 Å². The Kier molecular flexibility index (Phi) is 7.19. The Morgan fingerprint density at radius 2 is 1.84 bits per heavy atom. The average Bonchev–Trinajstić information content (AvgIpc) is 2.74. The maximum atomic E-state index is 12.6. The third kappa shape index (κ3) is 5.36. The van der Waals surface area contributed by atoms with Gasteiger partial charge in [-0.1, -0.05) is 60.6 Å². The van der Waals surface area contributed by atoms with E-state index < -0.39 is 0 Å². The number of nitrogens with zero attached hydrogens (tertiary/aromatic N) is 1. The molecule has 0 radical (unpaired) electrons. The standard InChI is InChI=1S/C25H27N3O2S/c1-5-18-6-8-19(9-7-18)20-12-22(29)28-25(21(20)13-26)31-14-23(30)27-24-16(3)10-15(2)11-17(24)4/h6-11,20H,5,12,14H2,1-4H3,(H,27,30)(H,28,29)/t20-/m0/s1. The van der Waals surface area contributed by atoms with Crippen molar-refractivity contribution in [3.63, 3.8) is 0 Å². The molecule has 0 saturated carbocycles. The molecule has 1 heterocycles. The molecule has 0 fully saturated rings. The predicted molar refractivity (Wildman–Crippen MR) is 126 cm³/mol. The molecular weight excluding hydrogens is 406 g/mol. The average molecular weight is 434 g/mol. The first kappa shape index (κ1) is 22.6. The van der Waals surface area contributed by atoms with Gasteiger partial charge in [0.25, 0.3) is 0 Å². The second-order valence-corrected chi connectivity index (χ2v) is 8.85. The summed E-state index contributed by atoms with van der Waals surface area (Å²) >= 11 is 1.20. The normalized spacial score (nSPS) is 16.0. The summed E-state index contributed by atoms with van der Waals surface area (Å²) in [6.45, 7) is 8.04. The van der Waals surface area contributed by atoms with Gasteiger partial charge in [0.2, 0.25) is 11.8 Å². The van der Waals surface area contributed by atoms with E-state index in [2.05, 4.69) is 23.6 Å². The largest absolute Gasteiger partial charge is 0.325 e. The summed E-state index contributed by atoms with van der Waals surface area (Å²) in [4.78, 5) is 24.9. The van der Waals surface area contributed by atoms with Gasteiger partial charge in [-0.05, 0) is 49.4 Å². The monoisotopic (exact) mass is 433 g/mol. The Bertz CT molecular complexity index is 1060. The fourth-order valence-corrected chi connectivity index (χ4v) is 4.77. The van der Waals surface area contributed by atoms with Crippen LogP contribution in [0.2, 0.25) is 0 Å². The molecule has 1 atom stereocenters. The quantitative estimate of drug-likeness (QED) is 0.680. The second-order valence-electron chi connectivity index (χ2n) is 7.87. The maximum Gasteiger partial charge on any atom is 0.234 e. The van der Waals surface area contributed by atoms with E-state index in [0.29, 0.717) is 10.6 Å². The molecule has 6 heteroatoms. The predicted octanol–water partition coefficient (Wildman–Crippen LogP) is 4.88. The van der Waals surface area contributed by atoms with Gasteiger partial charge >= 0.3 is 0 Å². The van der Waals surface area contributed by atoms with Crippen molar-refractivity contribution in [1.29, 1.82) is 5.26 Å². The molecule has 3 rings (SSSR count). The zero-order valence-electron chi connectivity index (χ0n) is 18.3. The lowest BCUT2D eigenvalue weighted by Crippen LogP contribution is -2.31. The van der Waals surface area contributed by atoms with Crippen LogP contribution < -0.4 is 10.6 Å². The molecule has 1 aliphatic heterocycles. The number of allylic oxidation sites excluding steroid dienone is 1. The third-order valence-corrected chi connectivity index (χ3v) is 6.45. The van der Waals surface area contributed by atoms with Gasteiger partial charge in [-0.2, -0.15) is 5.26 Å². The number of amides is 2. The number of hydrogen-bond donors (Lipinski definition) is 2. The van der Waals surface area contributed by atoms with Crippen molar-refractivity contribution in [1.82, 2.24) is 5.32 Å². The molecule has 0 unspecified atom stereocenters. The lowest BCUT2D eigenvalue weighted by Gasteiger charge is -2.25. The first-order chi connectivity index (χ1) is 14.8. The minimum atomic E-state index is -0.295. The Morgan fingerprint density at radius 3 is 2.42 bits per heavy atom. The maximum absolute atomic E-state index is 12.6. The van der Waals surface area contributed by atoms with E-state index in [1.54, 1.807) is 0 Å². The summed E-state index contributed by atoms with van der Waals surface area (Å²) in [5.41, 5.74) is 6.63. The van der Waals surface area contributed by atoms with Gasteiger partial charge in [-0.15, -0.1) is 0 Å². The van der Waals surface area contributed by atoms with E-state index in [-0.39, 0.29) is 29.9 Å². The highest BCUT2D eigenvalue weighted by atomic mass is 32.2. The van der Waals surface area contributed by atoms with Crippen LogP contribution in [0.25, 0.3) is 0 Å². The second kappa shape index (κ2) is 9.84. The van der Waals surface area contributed by atoms with Crippen molar-refractivity contribution in [3.05, 3.63) is 74.8 Å². The number of nitriles is 1. The Labute approximate surface area is 187 Å². The van der Waals surface area contributed by atoms with Gasteiger partial charge in [0.15, 0.2) is 0 Å². The number of hydrogen-bond acceptors (Lipinski definition) is 4. The fraction of sp³-hybridized carbons (Fsp3) is 0.320. The van der Waals surface area contributed by atoms with Gasteiger partial charge in [0.1, 0.15) is 0 Å². The molecule has 0 saturated heterocycles. The van der Waals surface area contributed by atoms with Crippen LogP contribution in [-0.4, -0.2) is 17.6 Å². The molecule has 31 heavy (non-hydrogen) atoms. The van der Waals surface area contributed by atoms with Crippen LogP contribution in [0, 0.1) is 32.1 Å². The van der Waals surface area contributed by atoms with Crippen LogP contribution in [0.4, 0.5) is 5.69 Å². The molecule has 0 aromatic heterocycles. The van der Waals surface area contributed by atoms with Gasteiger partial charge in [-0.25, -0.2) is 0 Å². The van der Waals surface area contributed by atoms with Crippen LogP contribution in [0.3, 0.4) is 0 Å². The van der Waals surface area contributed by atoms with Crippen LogP contribution >= 0.6 is 11.8 Å². The summed E-state index contributed by atoms with van der Waals surface area (Å²) in [6, 6.07) is 14.4. The van der Waals surface area contributed by atoms with Gasteiger partial charge in [0, 0.05) is 18.0 Å². The van der Waals surface area contributed by atoms with E-state index in [1.807, 2.05) is 57.2 Å². The molecule has 0 aliphatic carbocycles. The highest BCUT2D eigenvalue weighted by Crippen LogP contribution is 2.36. The lowest BCUT2D eigenvalue weighted by atomic mass is 9.86. The smallest absolute Gasteiger partial charge is 0.234 e. The topological polar surface area (TPSA) is 82.0 Å². The van der Waals surface area contributed by atoms with Crippen LogP contribution in [0.1, 0.15) is 47.1 Å². The number of aryl methyl sites for hydroxylation is 4. The lowest BCUT2D eigenvalue weighted by molar-refractivity contribution is -0.121. The highest BCUT2D eigenvalue weighted by molar-refractivity contribution is 8.03. The number of carbonyl (C=O) groups is 2. The zero-order chi connectivity index (χ0) is 22.5. The SMILES string of the molecule is CCc1ccc([C@@H]2CC(=O)NC(SCC(=O)Nc3c(C)cc(C)cc3C)=C2C#N)cc1. The molecule has 0 spiro atoms. The highest BCUT2D eigenvalue weighted by Gasteiger charge is 2.29. The molecular formula is C25H27N3O2S. The minimum absolute atomic E-state index is 0.106. The number of nitrogens with one attached hydrogen (secondary N) is 2. The molecule has 1 aliphatic rings. The molecule has 160 valence electrons. The van der Waals surface area contributed by atoms with Gasteiger partial charge in [-0.3, -0.25) is 9.59 Å². The summed E-state index contributed by atoms with van der Waals surface area (Å²) in [6.07, 6.45) is 1.16. The molecule has 2 aromatic rings. The summed E-state index contributed by atoms with van der Waals surface area (Å²) in [5.74, 6) is -0.503. The van der Waals surface area contributed by atoms with Crippen LogP contribution in [0.5, 0.6) is 0 Å². The van der Waals surface area contributed by atoms with Crippen LogP contribution in [-0.2, 0) is 16.0 Å². The first-order valence-electron chi connectivity index (χ1n) is 10.4. The Hall–Kier alpha value is -3.04. The number of thioether (sulfide) groups is 1. The van der Waals surface area contributed by atoms with Crippen LogP contribution in [0.15, 0.2) is 47.0 Å². The number of anilines is 1. The fourth-order valence-electron chi connectivity index (χ4n) is 3.89. The van der Waals surface area contributed by atoms with E-state index in [0.717, 1.165) is 34.4 Å². The molecule has 2 N–H and O–H groups in total. The van der Waals surface area contributed by atoms with Crippen molar-refractivity contribution in [2.24, 2.45) is 0 Å². The van der Waals surface area contributed by atoms with Crippen molar-refractivity contribution in [2.75, 3.05) is 11.1 Å². The Balaban J connectivity index is 1.77.